The van der Waals surface area contributed by atoms with E-state index >= 15 is 0 Å². The number of rotatable bonds is 10. The molecule has 13 heteroatoms. The molecule has 11 nitrogen and oxygen atoms in total. The lowest BCUT2D eigenvalue weighted by Crippen LogP contribution is -2.61. The van der Waals surface area contributed by atoms with E-state index in [9.17, 15) is 23.9 Å². The summed E-state index contributed by atoms with van der Waals surface area (Å²) in [6, 6.07) is 3.80. The third-order valence-corrected chi connectivity index (χ3v) is 9.56. The molecular formula is C31H39FN6O5S. The zero-order chi connectivity index (χ0) is 31.8. The highest BCUT2D eigenvalue weighted by Gasteiger charge is 2.52. The Kier molecular flexibility index (Phi) is 8.81. The number of amides is 2. The second-order valence-electron chi connectivity index (χ2n) is 12.2. The van der Waals surface area contributed by atoms with E-state index in [0.717, 1.165) is 0 Å². The maximum absolute atomic E-state index is 14.8. The first-order valence-electron chi connectivity index (χ1n) is 14.8. The zero-order valence-corrected chi connectivity index (χ0v) is 26.5. The minimum absolute atomic E-state index is 0.113. The van der Waals surface area contributed by atoms with Gasteiger partial charge in [0, 0.05) is 56.5 Å². The third kappa shape index (κ3) is 5.82. The summed E-state index contributed by atoms with van der Waals surface area (Å²) in [5.41, 5.74) is 0.254. The first-order valence-corrected chi connectivity index (χ1v) is 15.7. The Bertz CT molecular complexity index is 1510. The highest BCUT2D eigenvalue weighted by atomic mass is 32.1. The summed E-state index contributed by atoms with van der Waals surface area (Å²) in [5, 5.41) is 15.5. The number of carboxylic acid groups (broad SMARTS) is 1. The number of aliphatic imine (C=N–C) groups is 1. The van der Waals surface area contributed by atoms with Gasteiger partial charge in [0.25, 0.3) is 0 Å². The number of esters is 1. The number of ether oxygens (including phenoxy) is 1. The van der Waals surface area contributed by atoms with Crippen molar-refractivity contribution in [3.8, 4) is 0 Å². The fourth-order valence-electron chi connectivity index (χ4n) is 6.29. The number of fused-ring (bicyclic) bond motifs is 1. The summed E-state index contributed by atoms with van der Waals surface area (Å²) >= 11 is 1.40. The number of aromatic nitrogens is 1. The van der Waals surface area contributed by atoms with E-state index in [1.807, 2.05) is 17.2 Å². The fourth-order valence-corrected chi connectivity index (χ4v) is 6.88. The van der Waals surface area contributed by atoms with Crippen LogP contribution >= 0.6 is 11.3 Å². The average Bonchev–Trinajstić information content (AvgIpc) is 3.61. The van der Waals surface area contributed by atoms with Crippen LogP contribution in [0.2, 0.25) is 0 Å². The van der Waals surface area contributed by atoms with Crippen molar-refractivity contribution in [2.24, 2.45) is 10.4 Å². The highest BCUT2D eigenvalue weighted by molar-refractivity contribution is 7.11. The number of aliphatic carboxylic acids is 1. The number of thiazole rings is 1. The molecular weight excluding hydrogens is 587 g/mol. The molecule has 2 amide bonds. The minimum Gasteiger partial charge on any atom is -0.481 e. The molecule has 1 aromatic heterocycles. The summed E-state index contributed by atoms with van der Waals surface area (Å²) < 4.78 is 20.3. The Balaban J connectivity index is 1.50. The molecule has 2 N–H and O–H groups in total. The van der Waals surface area contributed by atoms with E-state index in [1.165, 1.54) is 17.4 Å². The SMILES string of the molecule is CCOC(=O)C1=C(CN2CCN3C(=O)N(CC(C)(C)C(=O)O)CC3(CC)C2)NC(c2nccs2)=N[C@H]1c1cccc(F)c1C. The number of benzene rings is 1. The van der Waals surface area contributed by atoms with E-state index in [-0.39, 0.29) is 25.0 Å². The predicted molar refractivity (Wildman–Crippen MR) is 164 cm³/mol. The molecule has 2 atom stereocenters. The van der Waals surface area contributed by atoms with Crippen molar-refractivity contribution < 1.29 is 28.6 Å². The van der Waals surface area contributed by atoms with Crippen LogP contribution in [-0.4, -0.2) is 100 Å². The third-order valence-electron chi connectivity index (χ3n) is 8.78. The lowest BCUT2D eigenvalue weighted by Gasteiger charge is -2.46. The largest absolute Gasteiger partial charge is 0.481 e. The van der Waals surface area contributed by atoms with E-state index in [1.54, 1.807) is 50.9 Å². The molecule has 236 valence electrons. The molecule has 3 aliphatic heterocycles. The molecule has 4 heterocycles. The molecule has 2 fully saturated rings. The number of piperazine rings is 1. The van der Waals surface area contributed by atoms with Crippen LogP contribution in [0.5, 0.6) is 0 Å². The first-order chi connectivity index (χ1) is 20.9. The Morgan fingerprint density at radius 1 is 1.25 bits per heavy atom. The number of urea groups is 1. The molecule has 2 aromatic rings. The molecule has 0 bridgehead atoms. The van der Waals surface area contributed by atoms with Crippen LogP contribution in [0.15, 0.2) is 46.0 Å². The molecule has 0 saturated carbocycles. The Labute approximate surface area is 260 Å². The van der Waals surface area contributed by atoms with Gasteiger partial charge < -0.3 is 25.0 Å². The van der Waals surface area contributed by atoms with E-state index in [0.29, 0.717) is 72.4 Å². The maximum Gasteiger partial charge on any atom is 0.338 e. The van der Waals surface area contributed by atoms with Gasteiger partial charge in [-0.2, -0.15) is 0 Å². The second kappa shape index (κ2) is 12.3. The molecule has 0 aliphatic carbocycles. The topological polar surface area (TPSA) is 128 Å². The number of carbonyl (C=O) groups is 3. The summed E-state index contributed by atoms with van der Waals surface area (Å²) in [5.74, 6) is -1.39. The molecule has 0 spiro atoms. The van der Waals surface area contributed by atoms with Crippen LogP contribution in [-0.2, 0) is 14.3 Å². The van der Waals surface area contributed by atoms with Crippen LogP contribution in [0.25, 0.3) is 0 Å². The number of hydrogen-bond donors (Lipinski definition) is 2. The van der Waals surface area contributed by atoms with Crippen LogP contribution < -0.4 is 5.32 Å². The van der Waals surface area contributed by atoms with Crippen molar-refractivity contribution in [2.45, 2.75) is 52.6 Å². The monoisotopic (exact) mass is 626 g/mol. The summed E-state index contributed by atoms with van der Waals surface area (Å²) in [6.07, 6.45) is 2.35. The van der Waals surface area contributed by atoms with Gasteiger partial charge in [-0.3, -0.25) is 14.7 Å². The van der Waals surface area contributed by atoms with Gasteiger partial charge in [-0.15, -0.1) is 11.3 Å². The lowest BCUT2D eigenvalue weighted by molar-refractivity contribution is -0.147. The molecule has 44 heavy (non-hydrogen) atoms. The zero-order valence-electron chi connectivity index (χ0n) is 25.7. The summed E-state index contributed by atoms with van der Waals surface area (Å²) in [6.45, 7) is 11.2. The van der Waals surface area contributed by atoms with Gasteiger partial charge in [-0.05, 0) is 51.3 Å². The molecule has 1 unspecified atom stereocenters. The van der Waals surface area contributed by atoms with Gasteiger partial charge in [0.15, 0.2) is 10.8 Å². The maximum atomic E-state index is 14.8. The van der Waals surface area contributed by atoms with Crippen molar-refractivity contribution in [3.05, 3.63) is 63.0 Å². The van der Waals surface area contributed by atoms with Crippen LogP contribution in [0, 0.1) is 18.2 Å². The number of halogens is 1. The van der Waals surface area contributed by atoms with Gasteiger partial charge in [0.05, 0.1) is 23.1 Å². The average molecular weight is 627 g/mol. The van der Waals surface area contributed by atoms with E-state index < -0.39 is 28.9 Å². The Morgan fingerprint density at radius 3 is 2.68 bits per heavy atom. The van der Waals surface area contributed by atoms with Crippen LogP contribution in [0.3, 0.4) is 0 Å². The fraction of sp³-hybridized carbons (Fsp3) is 0.516. The summed E-state index contributed by atoms with van der Waals surface area (Å²) in [7, 11) is 0. The quantitative estimate of drug-likeness (QED) is 0.381. The Hall–Kier alpha value is -3.84. The van der Waals surface area contributed by atoms with Gasteiger partial charge >= 0.3 is 18.0 Å². The van der Waals surface area contributed by atoms with E-state index in [2.05, 4.69) is 15.2 Å². The van der Waals surface area contributed by atoms with Crippen molar-refractivity contribution in [2.75, 3.05) is 45.9 Å². The van der Waals surface area contributed by atoms with Crippen LogP contribution in [0.1, 0.15) is 56.3 Å². The molecule has 0 radical (unpaired) electrons. The van der Waals surface area contributed by atoms with Crippen molar-refractivity contribution >= 4 is 35.1 Å². The standard InChI is InChI=1S/C31H39FN6O5S/c1-6-31-17-36(12-13-38(31)29(42)37(18-31)16-30(4,5)28(40)41)15-22-23(27(39)43-7-2)24(20-9-8-10-21(32)19(20)3)35-25(34-22)26-33-11-14-44-26/h8-11,14,24H,6-7,12-13,15-18H2,1-5H3,(H,34,35)(H,40,41)/t24-,31?/m0/s1. The van der Waals surface area contributed by atoms with Crippen molar-refractivity contribution in [3.63, 3.8) is 0 Å². The van der Waals surface area contributed by atoms with Gasteiger partial charge in [0.2, 0.25) is 0 Å². The Morgan fingerprint density at radius 2 is 2.02 bits per heavy atom. The molecule has 2 saturated heterocycles. The first kappa shape index (κ1) is 31.6. The smallest absolute Gasteiger partial charge is 0.338 e. The highest BCUT2D eigenvalue weighted by Crippen LogP contribution is 2.38. The van der Waals surface area contributed by atoms with E-state index in [4.69, 9.17) is 9.73 Å². The lowest BCUT2D eigenvalue weighted by atomic mass is 9.89. The van der Waals surface area contributed by atoms with Gasteiger partial charge in [-0.1, -0.05) is 19.1 Å². The molecule has 1 aromatic carbocycles. The van der Waals surface area contributed by atoms with Crippen molar-refractivity contribution in [1.29, 1.82) is 0 Å². The van der Waals surface area contributed by atoms with Crippen LogP contribution in [0.4, 0.5) is 9.18 Å². The normalized spacial score (nSPS) is 22.5. The second-order valence-corrected chi connectivity index (χ2v) is 13.1. The van der Waals surface area contributed by atoms with Crippen molar-refractivity contribution in [1.82, 2.24) is 25.0 Å². The number of carbonyl (C=O) groups excluding carboxylic acids is 2. The number of amidine groups is 1. The minimum atomic E-state index is -1.08. The van der Waals surface area contributed by atoms with Gasteiger partial charge in [0.1, 0.15) is 11.9 Å². The predicted octanol–water partition coefficient (Wildman–Crippen LogP) is 3.81. The number of carboxylic acids is 1. The molecule has 3 aliphatic rings. The number of nitrogens with zero attached hydrogens (tertiary/aromatic N) is 5. The summed E-state index contributed by atoms with van der Waals surface area (Å²) in [4.78, 5) is 53.9. The molecule has 5 rings (SSSR count). The number of hydrogen-bond acceptors (Lipinski definition) is 9. The van der Waals surface area contributed by atoms with Gasteiger partial charge in [-0.25, -0.2) is 19.0 Å². The number of nitrogens with one attached hydrogen (secondary N) is 1.